The molecule has 2 atom stereocenters. The number of furan rings is 1. The predicted molar refractivity (Wildman–Crippen MR) is 122 cm³/mol. The van der Waals surface area contributed by atoms with Gasteiger partial charge in [0.15, 0.2) is 5.76 Å². The number of likely N-dealkylation sites (tertiary alicyclic amines) is 1. The Morgan fingerprint density at radius 1 is 0.941 bits per heavy atom. The number of hydrogen-bond acceptors (Lipinski definition) is 6. The summed E-state index contributed by atoms with van der Waals surface area (Å²) in [6, 6.07) is 22.2. The number of benzene rings is 2. The third-order valence-electron chi connectivity index (χ3n) is 5.71. The van der Waals surface area contributed by atoms with Crippen molar-refractivity contribution in [2.45, 2.75) is 12.6 Å². The van der Waals surface area contributed by atoms with E-state index in [0.29, 0.717) is 17.1 Å². The molecule has 1 amide bonds. The second-order valence-corrected chi connectivity index (χ2v) is 7.91. The van der Waals surface area contributed by atoms with E-state index in [1.54, 1.807) is 48.8 Å². The molecule has 1 fully saturated rings. The van der Waals surface area contributed by atoms with Crippen molar-refractivity contribution in [3.05, 3.63) is 114 Å². The Hall–Kier alpha value is -4.52. The maximum atomic E-state index is 13.3. The first-order valence-corrected chi connectivity index (χ1v) is 10.8. The third kappa shape index (κ3) is 4.11. The van der Waals surface area contributed by atoms with Gasteiger partial charge in [0, 0.05) is 18.9 Å². The zero-order chi connectivity index (χ0) is 23.5. The molecule has 7 nitrogen and oxygen atoms in total. The van der Waals surface area contributed by atoms with Crippen molar-refractivity contribution in [2.75, 3.05) is 0 Å². The van der Waals surface area contributed by atoms with Gasteiger partial charge in [-0.2, -0.15) is 0 Å². The largest absolute Gasteiger partial charge is 0.461 e. The fourth-order valence-electron chi connectivity index (χ4n) is 4.18. The first kappa shape index (κ1) is 21.3. The van der Waals surface area contributed by atoms with E-state index in [0.717, 1.165) is 5.56 Å². The summed E-state index contributed by atoms with van der Waals surface area (Å²) in [7, 11) is 0. The Kier molecular flexibility index (Phi) is 5.74. The van der Waals surface area contributed by atoms with E-state index in [2.05, 4.69) is 4.98 Å². The first-order chi connectivity index (χ1) is 16.6. The predicted octanol–water partition coefficient (Wildman–Crippen LogP) is 4.62. The molecule has 5 rings (SSSR count). The molecule has 1 aliphatic heterocycles. The molecule has 34 heavy (non-hydrogen) atoms. The van der Waals surface area contributed by atoms with E-state index in [1.807, 2.05) is 36.4 Å². The van der Waals surface area contributed by atoms with Crippen molar-refractivity contribution in [1.82, 2.24) is 9.88 Å². The lowest BCUT2D eigenvalue weighted by atomic mass is 9.88. The van der Waals surface area contributed by atoms with Crippen LogP contribution in [0.25, 0.3) is 0 Å². The minimum absolute atomic E-state index is 0.0380. The lowest BCUT2D eigenvalue weighted by molar-refractivity contribution is -0.141. The molecule has 3 heterocycles. The number of aromatic nitrogens is 1. The van der Waals surface area contributed by atoms with E-state index in [4.69, 9.17) is 9.15 Å². The van der Waals surface area contributed by atoms with Gasteiger partial charge in [-0.3, -0.25) is 19.4 Å². The molecule has 0 spiro atoms. The normalized spacial score (nSPS) is 17.7. The molecular formula is C27H20N2O5. The number of amides is 1. The Morgan fingerprint density at radius 2 is 1.76 bits per heavy atom. The molecule has 0 saturated carbocycles. The molecule has 0 N–H and O–H groups in total. The van der Waals surface area contributed by atoms with Crippen LogP contribution in [0.2, 0.25) is 0 Å². The molecule has 7 heteroatoms. The average Bonchev–Trinajstić information content (AvgIpc) is 3.49. The Balaban J connectivity index is 1.55. The molecule has 1 aliphatic rings. The van der Waals surface area contributed by atoms with Crippen LogP contribution in [0.1, 0.15) is 27.7 Å². The number of hydrogen-bond donors (Lipinski definition) is 0. The molecule has 2 aromatic carbocycles. The van der Waals surface area contributed by atoms with Crippen LogP contribution >= 0.6 is 0 Å². The molecule has 0 bridgehead atoms. The van der Waals surface area contributed by atoms with Gasteiger partial charge in [-0.05, 0) is 53.6 Å². The van der Waals surface area contributed by atoms with Crippen molar-refractivity contribution in [1.29, 1.82) is 0 Å². The highest BCUT2D eigenvalue weighted by atomic mass is 16.5. The molecule has 0 radical (unpaired) electrons. The van der Waals surface area contributed by atoms with Gasteiger partial charge in [0.2, 0.25) is 11.6 Å². The van der Waals surface area contributed by atoms with Crippen LogP contribution in [-0.2, 0) is 16.1 Å². The first-order valence-electron chi connectivity index (χ1n) is 10.8. The summed E-state index contributed by atoms with van der Waals surface area (Å²) in [6.45, 7) is 0.134. The highest BCUT2D eigenvalue weighted by Crippen LogP contribution is 2.40. The maximum absolute atomic E-state index is 13.3. The molecule has 0 aliphatic carbocycles. The number of carbonyl (C=O) groups is 3. The lowest BCUT2D eigenvalue weighted by Crippen LogP contribution is -2.30. The van der Waals surface area contributed by atoms with Gasteiger partial charge in [0.05, 0.1) is 12.3 Å². The van der Waals surface area contributed by atoms with E-state index in [1.165, 1.54) is 17.2 Å². The molecule has 168 valence electrons. The quantitative estimate of drug-likeness (QED) is 0.231. The standard InChI is InChI=1S/C27H20N2O5/c30-25(22-12-6-14-33-22)23-24(29(27(32)26(23)31)17-18-7-5-13-28-16-18)19-8-4-11-21(15-19)34-20-9-2-1-3-10-20/h1-16,23-24H,17H2. The van der Waals surface area contributed by atoms with Gasteiger partial charge < -0.3 is 14.1 Å². The highest BCUT2D eigenvalue weighted by molar-refractivity contribution is 6.43. The van der Waals surface area contributed by atoms with Crippen LogP contribution in [0.5, 0.6) is 11.5 Å². The number of carbonyl (C=O) groups excluding carboxylic acids is 3. The summed E-state index contributed by atoms with van der Waals surface area (Å²) in [6.07, 6.45) is 4.63. The Labute approximate surface area is 195 Å². The van der Waals surface area contributed by atoms with Gasteiger partial charge in [0.25, 0.3) is 5.91 Å². The van der Waals surface area contributed by atoms with E-state index < -0.39 is 29.4 Å². The van der Waals surface area contributed by atoms with E-state index >= 15 is 0 Å². The molecule has 4 aromatic rings. The van der Waals surface area contributed by atoms with Crippen molar-refractivity contribution in [3.8, 4) is 11.5 Å². The van der Waals surface area contributed by atoms with Crippen LogP contribution in [0, 0.1) is 5.92 Å². The summed E-state index contributed by atoms with van der Waals surface area (Å²) >= 11 is 0. The zero-order valence-corrected chi connectivity index (χ0v) is 18.0. The maximum Gasteiger partial charge on any atom is 0.291 e. The highest BCUT2D eigenvalue weighted by Gasteiger charge is 2.52. The van der Waals surface area contributed by atoms with Crippen molar-refractivity contribution < 1.29 is 23.5 Å². The van der Waals surface area contributed by atoms with E-state index in [-0.39, 0.29) is 12.3 Å². The molecule has 1 saturated heterocycles. The second kappa shape index (κ2) is 9.15. The van der Waals surface area contributed by atoms with Gasteiger partial charge in [0.1, 0.15) is 17.4 Å². The topological polar surface area (TPSA) is 89.7 Å². The summed E-state index contributed by atoms with van der Waals surface area (Å²) < 4.78 is 11.2. The average molecular weight is 452 g/mol. The van der Waals surface area contributed by atoms with Crippen LogP contribution < -0.4 is 4.74 Å². The number of nitrogens with zero attached hydrogens (tertiary/aromatic N) is 2. The SMILES string of the molecule is O=C1C(=O)N(Cc2cccnc2)C(c2cccc(Oc3ccccc3)c2)C1C(=O)c1ccco1. The lowest BCUT2D eigenvalue weighted by Gasteiger charge is -2.27. The van der Waals surface area contributed by atoms with Crippen LogP contribution in [0.4, 0.5) is 0 Å². The molecule has 2 aromatic heterocycles. The summed E-state index contributed by atoms with van der Waals surface area (Å²) in [5, 5.41) is 0. The van der Waals surface area contributed by atoms with Gasteiger partial charge in [-0.25, -0.2) is 0 Å². The monoisotopic (exact) mass is 452 g/mol. The van der Waals surface area contributed by atoms with Crippen molar-refractivity contribution in [2.24, 2.45) is 5.92 Å². The van der Waals surface area contributed by atoms with Crippen molar-refractivity contribution >= 4 is 17.5 Å². The fourth-order valence-corrected chi connectivity index (χ4v) is 4.18. The fraction of sp³-hybridized carbons (Fsp3) is 0.111. The number of rotatable bonds is 7. The second-order valence-electron chi connectivity index (χ2n) is 7.91. The van der Waals surface area contributed by atoms with Crippen molar-refractivity contribution in [3.63, 3.8) is 0 Å². The number of ketones is 2. The minimum atomic E-state index is -1.23. The van der Waals surface area contributed by atoms with Crippen LogP contribution in [0.3, 0.4) is 0 Å². The Bertz CT molecular complexity index is 1320. The third-order valence-corrected chi connectivity index (χ3v) is 5.71. The number of pyridine rings is 1. The molecular weight excluding hydrogens is 432 g/mol. The smallest absolute Gasteiger partial charge is 0.291 e. The van der Waals surface area contributed by atoms with Crippen LogP contribution in [0.15, 0.2) is 102 Å². The number of ether oxygens (including phenoxy) is 1. The Morgan fingerprint density at radius 3 is 2.50 bits per heavy atom. The minimum Gasteiger partial charge on any atom is -0.461 e. The van der Waals surface area contributed by atoms with Crippen LogP contribution in [-0.4, -0.2) is 27.4 Å². The van der Waals surface area contributed by atoms with E-state index in [9.17, 15) is 14.4 Å². The van der Waals surface area contributed by atoms with Gasteiger partial charge in [-0.1, -0.05) is 36.4 Å². The summed E-state index contributed by atoms with van der Waals surface area (Å²) in [5.74, 6) is -2.03. The number of para-hydroxylation sites is 1. The zero-order valence-electron chi connectivity index (χ0n) is 18.0. The van der Waals surface area contributed by atoms with Gasteiger partial charge in [-0.15, -0.1) is 0 Å². The summed E-state index contributed by atoms with van der Waals surface area (Å²) in [5.41, 5.74) is 1.36. The molecule has 2 unspecified atom stereocenters. The number of Topliss-reactive ketones (excluding diaryl/α,β-unsaturated/α-hetero) is 2. The van der Waals surface area contributed by atoms with Gasteiger partial charge >= 0.3 is 0 Å². The summed E-state index contributed by atoms with van der Waals surface area (Å²) in [4.78, 5) is 45.0.